The molecule has 2 aromatic carbocycles. The minimum atomic E-state index is -0.918. The molecular weight excluding hydrogens is 530 g/mol. The first-order chi connectivity index (χ1) is 19.3. The van der Waals surface area contributed by atoms with Gasteiger partial charge in [0, 0.05) is 36.4 Å². The molecule has 5 rings (SSSR count). The first-order valence-electron chi connectivity index (χ1n) is 12.9. The summed E-state index contributed by atoms with van der Waals surface area (Å²) in [6.45, 7) is 2.83. The van der Waals surface area contributed by atoms with Crippen molar-refractivity contribution in [3.8, 4) is 17.0 Å². The molecule has 0 aliphatic carbocycles. The van der Waals surface area contributed by atoms with Crippen LogP contribution in [-0.4, -0.2) is 57.0 Å². The monoisotopic (exact) mass is 559 g/mol. The second-order valence-electron chi connectivity index (χ2n) is 9.76. The summed E-state index contributed by atoms with van der Waals surface area (Å²) in [5.74, 6) is -0.542. The fraction of sp³-hybridized carbons (Fsp3) is 0.276. The number of aromatic nitrogens is 2. The lowest BCUT2D eigenvalue weighted by atomic mass is 9.96. The van der Waals surface area contributed by atoms with E-state index in [-0.39, 0.29) is 29.7 Å². The van der Waals surface area contributed by atoms with Gasteiger partial charge in [-0.25, -0.2) is 4.98 Å². The Morgan fingerprint density at radius 2 is 1.82 bits per heavy atom. The highest BCUT2D eigenvalue weighted by Gasteiger charge is 2.31. The molecule has 0 radical (unpaired) electrons. The maximum Gasteiger partial charge on any atom is 0.271 e. The van der Waals surface area contributed by atoms with Crippen LogP contribution < -0.4 is 11.1 Å². The molecule has 1 atom stereocenters. The molecule has 1 fully saturated rings. The number of aryl methyl sites for hydroxylation is 1. The van der Waals surface area contributed by atoms with Gasteiger partial charge in [-0.1, -0.05) is 47.6 Å². The zero-order valence-corrected chi connectivity index (χ0v) is 22.7. The summed E-state index contributed by atoms with van der Waals surface area (Å²) in [7, 11) is 0. The molecule has 0 bridgehead atoms. The fourth-order valence-electron chi connectivity index (χ4n) is 4.81. The van der Waals surface area contributed by atoms with Gasteiger partial charge in [-0.3, -0.25) is 14.4 Å². The quantitative estimate of drug-likeness (QED) is 0.298. The van der Waals surface area contributed by atoms with E-state index >= 15 is 0 Å². The molecule has 0 saturated carbocycles. The molecule has 1 aliphatic rings. The van der Waals surface area contributed by atoms with Gasteiger partial charge in [0.2, 0.25) is 5.91 Å². The summed E-state index contributed by atoms with van der Waals surface area (Å²) in [5.41, 5.74) is 8.35. The largest absolute Gasteiger partial charge is 0.508 e. The van der Waals surface area contributed by atoms with Crippen molar-refractivity contribution in [1.82, 2.24) is 20.4 Å². The molecule has 4 aromatic rings. The number of benzene rings is 2. The van der Waals surface area contributed by atoms with Crippen LogP contribution in [0.5, 0.6) is 5.75 Å². The number of nitrogens with zero attached hydrogens (tertiary/aromatic N) is 3. The number of amides is 3. The lowest BCUT2D eigenvalue weighted by Crippen LogP contribution is -2.46. The van der Waals surface area contributed by atoms with Crippen molar-refractivity contribution in [3.05, 3.63) is 87.6 Å². The van der Waals surface area contributed by atoms with E-state index in [1.807, 2.05) is 35.2 Å². The number of aromatic hydroxyl groups is 1. The average Bonchev–Trinajstić information content (AvgIpc) is 3.61. The van der Waals surface area contributed by atoms with Gasteiger partial charge in [0.15, 0.2) is 0 Å². The van der Waals surface area contributed by atoms with Crippen LogP contribution in [0.4, 0.5) is 0 Å². The van der Waals surface area contributed by atoms with Crippen LogP contribution in [0.3, 0.4) is 0 Å². The molecule has 3 amide bonds. The third-order valence-corrected chi connectivity index (χ3v) is 8.04. The Kier molecular flexibility index (Phi) is 7.92. The molecule has 0 spiro atoms. The zero-order valence-electron chi connectivity index (χ0n) is 21.9. The van der Waals surface area contributed by atoms with Crippen molar-refractivity contribution in [2.24, 2.45) is 5.73 Å². The molecule has 11 heteroatoms. The van der Waals surface area contributed by atoms with Gasteiger partial charge >= 0.3 is 0 Å². The minimum Gasteiger partial charge on any atom is -0.508 e. The zero-order chi connectivity index (χ0) is 28.2. The number of nitrogens with two attached hydrogens (primary N) is 1. The number of thiazole rings is 1. The summed E-state index contributed by atoms with van der Waals surface area (Å²) in [6.07, 6.45) is 1.61. The Morgan fingerprint density at radius 1 is 1.12 bits per heavy atom. The van der Waals surface area contributed by atoms with E-state index in [1.165, 1.54) is 23.5 Å². The summed E-state index contributed by atoms with van der Waals surface area (Å²) in [4.78, 5) is 44.6. The van der Waals surface area contributed by atoms with Gasteiger partial charge < -0.3 is 25.6 Å². The van der Waals surface area contributed by atoms with Crippen LogP contribution >= 0.6 is 11.3 Å². The molecule has 1 unspecified atom stereocenters. The number of hydrogen-bond donors (Lipinski definition) is 3. The predicted octanol–water partition coefficient (Wildman–Crippen LogP) is 3.66. The number of nitrogens with one attached hydrogen (secondary N) is 1. The number of hydrogen-bond acceptors (Lipinski definition) is 8. The molecule has 40 heavy (non-hydrogen) atoms. The smallest absolute Gasteiger partial charge is 0.271 e. The van der Waals surface area contributed by atoms with Crippen molar-refractivity contribution in [2.75, 3.05) is 13.1 Å². The summed E-state index contributed by atoms with van der Waals surface area (Å²) < 4.78 is 5.38. The Labute approximate surface area is 234 Å². The van der Waals surface area contributed by atoms with Crippen molar-refractivity contribution >= 4 is 29.1 Å². The van der Waals surface area contributed by atoms with Crippen LogP contribution in [0.15, 0.2) is 64.5 Å². The average molecular weight is 560 g/mol. The van der Waals surface area contributed by atoms with Crippen molar-refractivity contribution < 1.29 is 24.0 Å². The van der Waals surface area contributed by atoms with Gasteiger partial charge in [0.25, 0.3) is 11.8 Å². The normalized spacial score (nSPS) is 14.6. The topological polar surface area (TPSA) is 152 Å². The van der Waals surface area contributed by atoms with Crippen LogP contribution in [-0.2, 0) is 11.2 Å². The molecule has 206 valence electrons. The number of piperidine rings is 1. The van der Waals surface area contributed by atoms with E-state index in [0.717, 1.165) is 16.1 Å². The van der Waals surface area contributed by atoms with Crippen LogP contribution in [0, 0.1) is 6.92 Å². The molecule has 1 aliphatic heterocycles. The third kappa shape index (κ3) is 5.89. The Bertz CT molecular complexity index is 1510. The number of phenolic OH excluding ortho intramolecular Hbond substituents is 1. The molecule has 1 saturated heterocycles. The maximum atomic E-state index is 13.4. The molecule has 3 heterocycles. The highest BCUT2D eigenvalue weighted by Crippen LogP contribution is 2.33. The van der Waals surface area contributed by atoms with E-state index in [2.05, 4.69) is 15.5 Å². The van der Waals surface area contributed by atoms with E-state index in [4.69, 9.17) is 10.3 Å². The van der Waals surface area contributed by atoms with E-state index in [9.17, 15) is 19.5 Å². The van der Waals surface area contributed by atoms with Crippen molar-refractivity contribution in [2.45, 2.75) is 38.1 Å². The Hall–Kier alpha value is -4.51. The van der Waals surface area contributed by atoms with Crippen LogP contribution in [0.25, 0.3) is 11.3 Å². The highest BCUT2D eigenvalue weighted by molar-refractivity contribution is 7.09. The second-order valence-corrected chi connectivity index (χ2v) is 10.7. The summed E-state index contributed by atoms with van der Waals surface area (Å²) in [6, 6.07) is 14.9. The van der Waals surface area contributed by atoms with Crippen molar-refractivity contribution in [1.29, 1.82) is 0 Å². The molecular formula is C29H29N5O5S. The second kappa shape index (κ2) is 11.7. The van der Waals surface area contributed by atoms with E-state index in [0.29, 0.717) is 42.9 Å². The molecule has 2 aromatic heterocycles. The number of rotatable bonds is 8. The van der Waals surface area contributed by atoms with Gasteiger partial charge in [0.05, 0.1) is 5.01 Å². The molecule has 4 N–H and O–H groups in total. The first-order valence-corrected chi connectivity index (χ1v) is 13.8. The Balaban J connectivity index is 1.20. The highest BCUT2D eigenvalue weighted by atomic mass is 32.1. The lowest BCUT2D eigenvalue weighted by molar-refractivity contribution is -0.119. The predicted molar refractivity (Wildman–Crippen MR) is 149 cm³/mol. The number of carbonyl (C=O) groups excluding carboxylic acids is 3. The number of phenols is 1. The number of likely N-dealkylation sites (tertiary alicyclic amines) is 1. The van der Waals surface area contributed by atoms with Gasteiger partial charge in [-0.2, -0.15) is 0 Å². The Morgan fingerprint density at radius 3 is 2.50 bits per heavy atom. The van der Waals surface area contributed by atoms with Gasteiger partial charge in [-0.05, 0) is 37.5 Å². The lowest BCUT2D eigenvalue weighted by Gasteiger charge is -2.31. The standard InChI is InChI=1S/C29H29N5O5S/c1-17-24(25(33-39-17)19-5-3-2-4-6-19)29(38)34-13-11-20(12-14-34)28-32-23(16-40-28)27(37)31-22(26(30)36)15-18-7-9-21(35)10-8-18/h2-10,16,20,22,35H,11-15H2,1H3,(H2,30,36)(H,31,37). The van der Waals surface area contributed by atoms with Crippen LogP contribution in [0.2, 0.25) is 0 Å². The van der Waals surface area contributed by atoms with E-state index in [1.54, 1.807) is 24.4 Å². The fourth-order valence-corrected chi connectivity index (χ4v) is 5.78. The molecule has 10 nitrogen and oxygen atoms in total. The third-order valence-electron chi connectivity index (χ3n) is 7.03. The van der Waals surface area contributed by atoms with Gasteiger partial charge in [0.1, 0.15) is 34.5 Å². The first kappa shape index (κ1) is 27.1. The SMILES string of the molecule is Cc1onc(-c2ccccc2)c1C(=O)N1CCC(c2nc(C(=O)NC(Cc3ccc(O)cc3)C(N)=O)cs2)CC1. The number of primary amides is 1. The van der Waals surface area contributed by atoms with Gasteiger partial charge in [-0.15, -0.1) is 11.3 Å². The maximum absolute atomic E-state index is 13.4. The summed E-state index contributed by atoms with van der Waals surface area (Å²) in [5, 5.41) is 18.8. The minimum absolute atomic E-state index is 0.108. The summed E-state index contributed by atoms with van der Waals surface area (Å²) >= 11 is 1.39. The van der Waals surface area contributed by atoms with E-state index < -0.39 is 17.9 Å². The van der Waals surface area contributed by atoms with Crippen LogP contribution in [0.1, 0.15) is 55.9 Å². The number of carbonyl (C=O) groups is 3. The van der Waals surface area contributed by atoms with Crippen molar-refractivity contribution in [3.63, 3.8) is 0 Å².